The molecule has 0 fully saturated rings. The van der Waals surface area contributed by atoms with Crippen molar-refractivity contribution in [3.8, 4) is 11.3 Å². The van der Waals surface area contributed by atoms with Crippen molar-refractivity contribution in [2.75, 3.05) is 0 Å². The van der Waals surface area contributed by atoms with Crippen LogP contribution in [-0.2, 0) is 11.3 Å². The molecule has 1 aromatic carbocycles. The summed E-state index contributed by atoms with van der Waals surface area (Å²) in [6.07, 6.45) is 4.27. The standard InChI is InChI=1S/C16H13N3O3/c1-11-2-4-12(5-3-11)15-8-13(19-22-15)10-21-16(20)14-9-17-6-7-18-14/h2-9H,10H2,1H3. The molecule has 3 rings (SSSR count). The van der Waals surface area contributed by atoms with Crippen LogP contribution in [0.25, 0.3) is 11.3 Å². The molecule has 0 atom stereocenters. The maximum Gasteiger partial charge on any atom is 0.358 e. The highest BCUT2D eigenvalue weighted by Crippen LogP contribution is 2.21. The van der Waals surface area contributed by atoms with Gasteiger partial charge in [-0.2, -0.15) is 0 Å². The Kier molecular flexibility index (Phi) is 3.91. The fraction of sp³-hybridized carbons (Fsp3) is 0.125. The first-order chi connectivity index (χ1) is 10.7. The van der Waals surface area contributed by atoms with E-state index in [0.29, 0.717) is 11.5 Å². The van der Waals surface area contributed by atoms with Gasteiger partial charge in [-0.1, -0.05) is 35.0 Å². The molecule has 0 unspecified atom stereocenters. The topological polar surface area (TPSA) is 78.1 Å². The predicted molar refractivity (Wildman–Crippen MR) is 77.8 cm³/mol. The van der Waals surface area contributed by atoms with Crippen LogP contribution in [0.1, 0.15) is 21.7 Å². The fourth-order valence-corrected chi connectivity index (χ4v) is 1.85. The molecule has 0 bridgehead atoms. The minimum atomic E-state index is -0.548. The van der Waals surface area contributed by atoms with Crippen molar-refractivity contribution in [3.05, 3.63) is 65.9 Å². The van der Waals surface area contributed by atoms with Gasteiger partial charge in [0.15, 0.2) is 11.5 Å². The molecule has 2 heterocycles. The van der Waals surface area contributed by atoms with Gasteiger partial charge >= 0.3 is 5.97 Å². The molecule has 6 heteroatoms. The Bertz CT molecular complexity index is 767. The van der Waals surface area contributed by atoms with Gasteiger partial charge in [-0.25, -0.2) is 9.78 Å². The number of rotatable bonds is 4. The lowest BCUT2D eigenvalue weighted by molar-refractivity contribution is 0.0456. The van der Waals surface area contributed by atoms with Crippen LogP contribution in [0.15, 0.2) is 53.4 Å². The summed E-state index contributed by atoms with van der Waals surface area (Å²) in [5, 5.41) is 3.89. The van der Waals surface area contributed by atoms with Crippen molar-refractivity contribution in [2.24, 2.45) is 0 Å². The second-order valence-electron chi connectivity index (χ2n) is 4.72. The predicted octanol–water partition coefficient (Wildman–Crippen LogP) is 2.80. The molecule has 0 radical (unpaired) electrons. The van der Waals surface area contributed by atoms with Gasteiger partial charge in [0.05, 0.1) is 6.20 Å². The van der Waals surface area contributed by atoms with Gasteiger partial charge in [-0.3, -0.25) is 4.98 Å². The molecule has 0 aliphatic heterocycles. The molecular weight excluding hydrogens is 282 g/mol. The summed E-state index contributed by atoms with van der Waals surface area (Å²) in [7, 11) is 0. The van der Waals surface area contributed by atoms with Crippen molar-refractivity contribution < 1.29 is 14.1 Å². The number of carbonyl (C=O) groups excluding carboxylic acids is 1. The van der Waals surface area contributed by atoms with Crippen LogP contribution in [-0.4, -0.2) is 21.1 Å². The highest BCUT2D eigenvalue weighted by molar-refractivity contribution is 5.86. The van der Waals surface area contributed by atoms with E-state index in [1.54, 1.807) is 6.07 Å². The lowest BCUT2D eigenvalue weighted by Gasteiger charge is -2.00. The average molecular weight is 295 g/mol. The number of hydrogen-bond donors (Lipinski definition) is 0. The van der Waals surface area contributed by atoms with E-state index in [2.05, 4.69) is 15.1 Å². The Labute approximate surface area is 126 Å². The number of benzene rings is 1. The van der Waals surface area contributed by atoms with Gasteiger partial charge in [0.1, 0.15) is 12.3 Å². The molecule has 0 amide bonds. The Morgan fingerprint density at radius 2 is 2.05 bits per heavy atom. The lowest BCUT2D eigenvalue weighted by atomic mass is 10.1. The minimum absolute atomic E-state index is 0.0186. The molecule has 0 saturated carbocycles. The maximum atomic E-state index is 11.7. The van der Waals surface area contributed by atoms with Crippen LogP contribution in [0, 0.1) is 6.92 Å². The molecule has 3 aromatic rings. The van der Waals surface area contributed by atoms with E-state index in [1.807, 2.05) is 31.2 Å². The zero-order valence-electron chi connectivity index (χ0n) is 11.9. The first-order valence-electron chi connectivity index (χ1n) is 6.68. The molecule has 0 saturated heterocycles. The van der Waals surface area contributed by atoms with Crippen molar-refractivity contribution in [1.29, 1.82) is 0 Å². The van der Waals surface area contributed by atoms with Gasteiger partial charge in [-0.15, -0.1) is 0 Å². The molecule has 0 spiro atoms. The van der Waals surface area contributed by atoms with E-state index in [0.717, 1.165) is 5.56 Å². The normalized spacial score (nSPS) is 10.4. The molecule has 0 aliphatic carbocycles. The summed E-state index contributed by atoms with van der Waals surface area (Å²) in [5.74, 6) is 0.0820. The van der Waals surface area contributed by atoms with E-state index in [4.69, 9.17) is 9.26 Å². The average Bonchev–Trinajstić information content (AvgIpc) is 3.03. The molecule has 0 N–H and O–H groups in total. The van der Waals surface area contributed by atoms with Crippen LogP contribution in [0.4, 0.5) is 0 Å². The number of aryl methyl sites for hydroxylation is 1. The van der Waals surface area contributed by atoms with Crippen LogP contribution < -0.4 is 0 Å². The zero-order valence-corrected chi connectivity index (χ0v) is 11.9. The van der Waals surface area contributed by atoms with E-state index in [1.165, 1.54) is 24.2 Å². The summed E-state index contributed by atoms with van der Waals surface area (Å²) in [6, 6.07) is 9.63. The number of nitrogens with zero attached hydrogens (tertiary/aromatic N) is 3. The van der Waals surface area contributed by atoms with E-state index in [9.17, 15) is 4.79 Å². The number of hydrogen-bond acceptors (Lipinski definition) is 6. The third-order valence-electron chi connectivity index (χ3n) is 3.02. The van der Waals surface area contributed by atoms with Gasteiger partial charge in [-0.05, 0) is 6.92 Å². The number of aromatic nitrogens is 3. The highest BCUT2D eigenvalue weighted by Gasteiger charge is 2.12. The van der Waals surface area contributed by atoms with Gasteiger partial charge in [0, 0.05) is 24.0 Å². The second kappa shape index (κ2) is 6.17. The number of ether oxygens (including phenoxy) is 1. The zero-order chi connectivity index (χ0) is 15.4. The Balaban J connectivity index is 1.65. The fourth-order valence-electron chi connectivity index (χ4n) is 1.85. The molecular formula is C16H13N3O3. The third kappa shape index (κ3) is 3.17. The van der Waals surface area contributed by atoms with Gasteiger partial charge in [0.2, 0.25) is 0 Å². The Morgan fingerprint density at radius 1 is 1.23 bits per heavy atom. The molecule has 6 nitrogen and oxygen atoms in total. The van der Waals surface area contributed by atoms with Crippen LogP contribution in [0.5, 0.6) is 0 Å². The van der Waals surface area contributed by atoms with Crippen molar-refractivity contribution >= 4 is 5.97 Å². The summed E-state index contributed by atoms with van der Waals surface area (Å²) in [4.78, 5) is 19.4. The van der Waals surface area contributed by atoms with Crippen molar-refractivity contribution in [1.82, 2.24) is 15.1 Å². The van der Waals surface area contributed by atoms with E-state index < -0.39 is 5.97 Å². The van der Waals surface area contributed by atoms with Crippen LogP contribution in [0.2, 0.25) is 0 Å². The van der Waals surface area contributed by atoms with Gasteiger partial charge < -0.3 is 9.26 Å². The monoisotopic (exact) mass is 295 g/mol. The van der Waals surface area contributed by atoms with Crippen LogP contribution >= 0.6 is 0 Å². The third-order valence-corrected chi connectivity index (χ3v) is 3.02. The Morgan fingerprint density at radius 3 is 2.77 bits per heavy atom. The molecule has 22 heavy (non-hydrogen) atoms. The van der Waals surface area contributed by atoms with Crippen molar-refractivity contribution in [3.63, 3.8) is 0 Å². The number of carbonyl (C=O) groups is 1. The SMILES string of the molecule is Cc1ccc(-c2cc(COC(=O)c3cnccn3)no2)cc1. The van der Waals surface area contributed by atoms with E-state index >= 15 is 0 Å². The number of esters is 1. The smallest absolute Gasteiger partial charge is 0.358 e. The van der Waals surface area contributed by atoms with Crippen LogP contribution in [0.3, 0.4) is 0 Å². The lowest BCUT2D eigenvalue weighted by Crippen LogP contribution is -2.07. The first-order valence-corrected chi connectivity index (χ1v) is 6.68. The minimum Gasteiger partial charge on any atom is -0.454 e. The molecule has 0 aliphatic rings. The first kappa shape index (κ1) is 13.9. The largest absolute Gasteiger partial charge is 0.454 e. The molecule has 2 aromatic heterocycles. The summed E-state index contributed by atoms with van der Waals surface area (Å²) in [6.45, 7) is 2.03. The summed E-state index contributed by atoms with van der Waals surface area (Å²) in [5.41, 5.74) is 2.78. The van der Waals surface area contributed by atoms with E-state index in [-0.39, 0.29) is 12.3 Å². The molecule has 110 valence electrons. The summed E-state index contributed by atoms with van der Waals surface area (Å²) < 4.78 is 10.4. The van der Waals surface area contributed by atoms with Crippen molar-refractivity contribution in [2.45, 2.75) is 13.5 Å². The quantitative estimate of drug-likeness (QED) is 0.689. The van der Waals surface area contributed by atoms with Gasteiger partial charge in [0.25, 0.3) is 0 Å². The second-order valence-corrected chi connectivity index (χ2v) is 4.72. The Hall–Kier alpha value is -3.02. The summed E-state index contributed by atoms with van der Waals surface area (Å²) >= 11 is 0. The maximum absolute atomic E-state index is 11.7. The highest BCUT2D eigenvalue weighted by atomic mass is 16.5.